The van der Waals surface area contributed by atoms with Gasteiger partial charge in [-0.2, -0.15) is 0 Å². The second kappa shape index (κ2) is 10.8. The van der Waals surface area contributed by atoms with Crippen LogP contribution in [0.1, 0.15) is 95.6 Å². The van der Waals surface area contributed by atoms with Gasteiger partial charge in [-0.25, -0.2) is 4.39 Å². The van der Waals surface area contributed by atoms with Crippen LogP contribution in [0.5, 0.6) is 0 Å². The summed E-state index contributed by atoms with van der Waals surface area (Å²) in [4.78, 5) is 0. The van der Waals surface area contributed by atoms with Gasteiger partial charge in [-0.15, -0.1) is 0 Å². The molecule has 0 bridgehead atoms. The zero-order valence-electron chi connectivity index (χ0n) is 19.5. The highest BCUT2D eigenvalue weighted by atomic mass is 35.5. The van der Waals surface area contributed by atoms with Crippen LogP contribution in [-0.2, 0) is 11.2 Å². The Labute approximate surface area is 193 Å². The zero-order chi connectivity index (χ0) is 21.8. The summed E-state index contributed by atoms with van der Waals surface area (Å²) >= 11 is 6.26. The third-order valence-electron chi connectivity index (χ3n) is 8.51. The standard InChI is InChI=1S/C28H40ClFO/c1-3-5-25-16-14-24(18-31-25)22-8-6-20(7-9-22)21-10-12-23(13-11-21)26-17-15-19(4-2)27(29)28(26)30/h12,15,17,20-22,24-25H,3-11,13-14,16,18H2,1-2H3. The van der Waals surface area contributed by atoms with E-state index in [0.29, 0.717) is 11.1 Å². The van der Waals surface area contributed by atoms with Crippen molar-refractivity contribution < 1.29 is 9.13 Å². The number of rotatable bonds is 6. The number of benzene rings is 1. The quantitative estimate of drug-likeness (QED) is 0.424. The number of halogens is 2. The Morgan fingerprint density at radius 2 is 1.65 bits per heavy atom. The maximum atomic E-state index is 14.8. The average Bonchev–Trinajstić information content (AvgIpc) is 2.82. The molecule has 1 heterocycles. The van der Waals surface area contributed by atoms with E-state index in [-0.39, 0.29) is 5.82 Å². The van der Waals surface area contributed by atoms with Gasteiger partial charge in [-0.05, 0) is 105 Å². The fourth-order valence-corrected chi connectivity index (χ4v) is 6.77. The van der Waals surface area contributed by atoms with E-state index in [4.69, 9.17) is 16.3 Å². The van der Waals surface area contributed by atoms with E-state index in [1.165, 1.54) is 57.8 Å². The maximum Gasteiger partial charge on any atom is 0.149 e. The zero-order valence-corrected chi connectivity index (χ0v) is 20.2. The summed E-state index contributed by atoms with van der Waals surface area (Å²) in [7, 11) is 0. The molecule has 0 amide bonds. The number of allylic oxidation sites excluding steroid dienone is 2. The lowest BCUT2D eigenvalue weighted by atomic mass is 9.68. The summed E-state index contributed by atoms with van der Waals surface area (Å²) in [6.07, 6.45) is 17.5. The van der Waals surface area contributed by atoms with E-state index in [1.54, 1.807) is 0 Å². The molecule has 3 heteroatoms. The molecule has 1 aromatic rings. The van der Waals surface area contributed by atoms with E-state index in [1.807, 2.05) is 19.1 Å². The lowest BCUT2D eigenvalue weighted by molar-refractivity contribution is -0.0433. The van der Waals surface area contributed by atoms with E-state index in [2.05, 4.69) is 13.0 Å². The predicted octanol–water partition coefficient (Wildman–Crippen LogP) is 8.63. The molecule has 1 saturated carbocycles. The number of aryl methyl sites for hydroxylation is 1. The van der Waals surface area contributed by atoms with Gasteiger partial charge in [-0.1, -0.05) is 50.1 Å². The summed E-state index contributed by atoms with van der Waals surface area (Å²) in [6, 6.07) is 3.93. The number of ether oxygens (including phenoxy) is 1. The fourth-order valence-electron chi connectivity index (χ4n) is 6.47. The maximum absolute atomic E-state index is 14.8. The fraction of sp³-hybridized carbons (Fsp3) is 0.714. The predicted molar refractivity (Wildman–Crippen MR) is 129 cm³/mol. The number of hydrogen-bond donors (Lipinski definition) is 0. The molecule has 0 radical (unpaired) electrons. The van der Waals surface area contributed by atoms with Gasteiger partial charge in [0.05, 0.1) is 17.7 Å². The third-order valence-corrected chi connectivity index (χ3v) is 8.92. The molecule has 31 heavy (non-hydrogen) atoms. The van der Waals surface area contributed by atoms with Crippen LogP contribution in [-0.4, -0.2) is 12.7 Å². The van der Waals surface area contributed by atoms with Crippen LogP contribution < -0.4 is 0 Å². The molecular weight excluding hydrogens is 407 g/mol. The van der Waals surface area contributed by atoms with Crippen molar-refractivity contribution in [2.45, 2.75) is 97.0 Å². The SMILES string of the molecule is CCCC1CCC(C2CCC(C3CC=C(c4ccc(CC)c(Cl)c4F)CC3)CC2)CO1. The van der Waals surface area contributed by atoms with Crippen LogP contribution in [0.2, 0.25) is 5.02 Å². The van der Waals surface area contributed by atoms with Gasteiger partial charge >= 0.3 is 0 Å². The molecule has 4 rings (SSSR count). The molecule has 0 aromatic heterocycles. The minimum atomic E-state index is -0.220. The molecule has 0 spiro atoms. The topological polar surface area (TPSA) is 9.23 Å². The normalized spacial score (nSPS) is 32.0. The highest BCUT2D eigenvalue weighted by Crippen LogP contribution is 2.44. The molecule has 1 nitrogen and oxygen atoms in total. The summed E-state index contributed by atoms with van der Waals surface area (Å²) in [6.45, 7) is 5.28. The van der Waals surface area contributed by atoms with Gasteiger partial charge < -0.3 is 4.74 Å². The minimum absolute atomic E-state index is 0.220. The Hall–Kier alpha value is -0.860. The second-order valence-corrected chi connectivity index (χ2v) is 10.7. The van der Waals surface area contributed by atoms with Gasteiger partial charge in [0.15, 0.2) is 0 Å². The van der Waals surface area contributed by atoms with E-state index >= 15 is 0 Å². The van der Waals surface area contributed by atoms with Crippen molar-refractivity contribution in [3.8, 4) is 0 Å². The van der Waals surface area contributed by atoms with Gasteiger partial charge in [-0.3, -0.25) is 0 Å². The van der Waals surface area contributed by atoms with Gasteiger partial charge in [0.2, 0.25) is 0 Å². The van der Waals surface area contributed by atoms with Crippen molar-refractivity contribution in [1.29, 1.82) is 0 Å². The molecule has 1 aromatic carbocycles. The van der Waals surface area contributed by atoms with Crippen LogP contribution in [0, 0.1) is 29.5 Å². The van der Waals surface area contributed by atoms with Crippen LogP contribution in [0.15, 0.2) is 18.2 Å². The summed E-state index contributed by atoms with van der Waals surface area (Å²) < 4.78 is 21.0. The molecule has 2 fully saturated rings. The molecule has 3 unspecified atom stereocenters. The highest BCUT2D eigenvalue weighted by Gasteiger charge is 2.34. The second-order valence-electron chi connectivity index (χ2n) is 10.3. The smallest absolute Gasteiger partial charge is 0.149 e. The molecule has 172 valence electrons. The van der Waals surface area contributed by atoms with Crippen LogP contribution in [0.25, 0.3) is 5.57 Å². The monoisotopic (exact) mass is 446 g/mol. The van der Waals surface area contributed by atoms with E-state index in [0.717, 1.165) is 66.2 Å². The molecule has 3 atom stereocenters. The van der Waals surface area contributed by atoms with Crippen molar-refractivity contribution >= 4 is 17.2 Å². The summed E-state index contributed by atoms with van der Waals surface area (Å²) in [5, 5.41) is 0.314. The Morgan fingerprint density at radius 1 is 0.935 bits per heavy atom. The molecule has 3 aliphatic rings. The lowest BCUT2D eigenvalue weighted by Gasteiger charge is -2.40. The molecule has 2 aliphatic carbocycles. The van der Waals surface area contributed by atoms with E-state index in [9.17, 15) is 4.39 Å². The van der Waals surface area contributed by atoms with Crippen molar-refractivity contribution in [2.75, 3.05) is 6.61 Å². The molecule has 1 saturated heterocycles. The molecular formula is C28H40ClFO. The first-order valence-corrected chi connectivity index (χ1v) is 13.3. The van der Waals surface area contributed by atoms with Crippen molar-refractivity contribution in [2.24, 2.45) is 23.7 Å². The minimum Gasteiger partial charge on any atom is -0.378 e. The third kappa shape index (κ3) is 5.38. The largest absolute Gasteiger partial charge is 0.378 e. The first-order valence-electron chi connectivity index (χ1n) is 12.9. The first-order chi connectivity index (χ1) is 15.1. The lowest BCUT2D eigenvalue weighted by Crippen LogP contribution is -2.33. The highest BCUT2D eigenvalue weighted by molar-refractivity contribution is 6.31. The van der Waals surface area contributed by atoms with Gasteiger partial charge in [0, 0.05) is 5.56 Å². The summed E-state index contributed by atoms with van der Waals surface area (Å²) in [5.41, 5.74) is 2.79. The molecule has 1 aliphatic heterocycles. The number of hydrogen-bond acceptors (Lipinski definition) is 1. The Bertz CT molecular complexity index is 757. The Kier molecular flexibility index (Phi) is 8.15. The molecule has 0 N–H and O–H groups in total. The van der Waals surface area contributed by atoms with Crippen LogP contribution in [0.4, 0.5) is 4.39 Å². The Balaban J connectivity index is 1.28. The van der Waals surface area contributed by atoms with Gasteiger partial charge in [0.25, 0.3) is 0 Å². The van der Waals surface area contributed by atoms with E-state index < -0.39 is 0 Å². The van der Waals surface area contributed by atoms with Crippen molar-refractivity contribution in [3.63, 3.8) is 0 Å². The Morgan fingerprint density at radius 3 is 2.23 bits per heavy atom. The van der Waals surface area contributed by atoms with Crippen molar-refractivity contribution in [3.05, 3.63) is 40.2 Å². The van der Waals surface area contributed by atoms with Gasteiger partial charge in [0.1, 0.15) is 5.82 Å². The van der Waals surface area contributed by atoms with Crippen LogP contribution in [0.3, 0.4) is 0 Å². The van der Waals surface area contributed by atoms with Crippen molar-refractivity contribution in [1.82, 2.24) is 0 Å². The van der Waals surface area contributed by atoms with Crippen LogP contribution >= 0.6 is 11.6 Å². The first kappa shape index (κ1) is 23.3. The average molecular weight is 447 g/mol. The summed E-state index contributed by atoms with van der Waals surface area (Å²) in [5.74, 6) is 3.08.